The number of rotatable bonds is 4. The molecule has 1 unspecified atom stereocenters. The lowest BCUT2D eigenvalue weighted by Gasteiger charge is -2.30. The van der Waals surface area contributed by atoms with E-state index in [9.17, 15) is 0 Å². The summed E-state index contributed by atoms with van der Waals surface area (Å²) in [6.07, 6.45) is 4.09. The normalized spacial score (nSPS) is 19.9. The van der Waals surface area contributed by atoms with E-state index in [4.69, 9.17) is 4.74 Å². The molecule has 90 valence electrons. The van der Waals surface area contributed by atoms with Crippen molar-refractivity contribution < 1.29 is 4.74 Å². The second-order valence-corrected chi connectivity index (χ2v) is 4.27. The second kappa shape index (κ2) is 5.41. The van der Waals surface area contributed by atoms with E-state index in [0.717, 1.165) is 32.6 Å². The summed E-state index contributed by atoms with van der Waals surface area (Å²) in [6, 6.07) is 0.355. The molecule has 0 radical (unpaired) electrons. The first-order chi connectivity index (χ1) is 7.83. The molecular weight excluding hydrogens is 204 g/mol. The Labute approximate surface area is 96.2 Å². The van der Waals surface area contributed by atoms with Crippen LogP contribution in [0.25, 0.3) is 0 Å². The van der Waals surface area contributed by atoms with Crippen LogP contribution in [0.2, 0.25) is 0 Å². The molecule has 0 amide bonds. The zero-order chi connectivity index (χ0) is 11.4. The van der Waals surface area contributed by atoms with Gasteiger partial charge in [0.15, 0.2) is 0 Å². The lowest BCUT2D eigenvalue weighted by Crippen LogP contribution is -2.33. The maximum atomic E-state index is 5.41. The fourth-order valence-electron chi connectivity index (χ4n) is 2.36. The van der Waals surface area contributed by atoms with Crippen molar-refractivity contribution in [1.82, 2.24) is 20.3 Å². The summed E-state index contributed by atoms with van der Waals surface area (Å²) in [6.45, 7) is 4.85. The van der Waals surface area contributed by atoms with Crippen molar-refractivity contribution in [2.45, 2.75) is 25.8 Å². The molecular formula is C11H20N4O. The molecule has 16 heavy (non-hydrogen) atoms. The van der Waals surface area contributed by atoms with Gasteiger partial charge in [-0.1, -0.05) is 12.1 Å². The lowest BCUT2D eigenvalue weighted by molar-refractivity contribution is 0.0528. The number of nitrogens with one attached hydrogen (secondary N) is 1. The Hall–Kier alpha value is -0.940. The maximum Gasteiger partial charge on any atom is 0.0756 e. The van der Waals surface area contributed by atoms with Gasteiger partial charge in [-0.05, 0) is 25.3 Å². The molecule has 0 aromatic carbocycles. The Morgan fingerprint density at radius 2 is 2.31 bits per heavy atom. The molecule has 0 spiro atoms. The summed E-state index contributed by atoms with van der Waals surface area (Å²) in [5, 5.41) is 11.5. The first kappa shape index (κ1) is 11.5. The summed E-state index contributed by atoms with van der Waals surface area (Å²) in [5.74, 6) is 0.630. The average Bonchev–Trinajstić information content (AvgIpc) is 2.73. The Morgan fingerprint density at radius 3 is 2.88 bits per heavy atom. The zero-order valence-electron chi connectivity index (χ0n) is 10.0. The van der Waals surface area contributed by atoms with Gasteiger partial charge in [0, 0.05) is 20.3 Å². The van der Waals surface area contributed by atoms with Gasteiger partial charge in [0.05, 0.1) is 17.9 Å². The number of hydrogen-bond donors (Lipinski definition) is 1. The van der Waals surface area contributed by atoms with Crippen LogP contribution in [0, 0.1) is 5.92 Å². The Bertz CT molecular complexity index is 320. The minimum atomic E-state index is 0.355. The van der Waals surface area contributed by atoms with Crippen LogP contribution in [-0.2, 0) is 11.8 Å². The van der Waals surface area contributed by atoms with Crippen LogP contribution in [-0.4, -0.2) is 34.8 Å². The SMILES string of the molecule is CCNC(c1cnnn1C)C1CCOCC1. The van der Waals surface area contributed by atoms with Gasteiger partial charge in [0.1, 0.15) is 0 Å². The van der Waals surface area contributed by atoms with Crippen LogP contribution in [0.15, 0.2) is 6.20 Å². The van der Waals surface area contributed by atoms with Crippen molar-refractivity contribution in [3.8, 4) is 0 Å². The number of aromatic nitrogens is 3. The van der Waals surface area contributed by atoms with Crippen LogP contribution < -0.4 is 5.32 Å². The van der Waals surface area contributed by atoms with Crippen molar-refractivity contribution >= 4 is 0 Å². The molecule has 1 saturated heterocycles. The molecule has 1 aliphatic heterocycles. The van der Waals surface area contributed by atoms with Gasteiger partial charge in [0.2, 0.25) is 0 Å². The van der Waals surface area contributed by atoms with Gasteiger partial charge in [-0.15, -0.1) is 5.10 Å². The second-order valence-electron chi connectivity index (χ2n) is 4.27. The maximum absolute atomic E-state index is 5.41. The molecule has 1 aromatic heterocycles. The van der Waals surface area contributed by atoms with E-state index in [-0.39, 0.29) is 0 Å². The van der Waals surface area contributed by atoms with Crippen molar-refractivity contribution in [1.29, 1.82) is 0 Å². The molecule has 2 rings (SSSR count). The third-order valence-electron chi connectivity index (χ3n) is 3.23. The van der Waals surface area contributed by atoms with Crippen LogP contribution in [0.4, 0.5) is 0 Å². The van der Waals surface area contributed by atoms with Crippen molar-refractivity contribution in [2.24, 2.45) is 13.0 Å². The summed E-state index contributed by atoms with van der Waals surface area (Å²) in [5.41, 5.74) is 1.17. The average molecular weight is 224 g/mol. The van der Waals surface area contributed by atoms with Crippen molar-refractivity contribution in [2.75, 3.05) is 19.8 Å². The van der Waals surface area contributed by atoms with E-state index in [1.54, 1.807) is 0 Å². The highest BCUT2D eigenvalue weighted by Gasteiger charge is 2.26. The van der Waals surface area contributed by atoms with E-state index in [1.807, 2.05) is 17.9 Å². The van der Waals surface area contributed by atoms with Crippen LogP contribution in [0.1, 0.15) is 31.5 Å². The molecule has 1 atom stereocenters. The minimum absolute atomic E-state index is 0.355. The van der Waals surface area contributed by atoms with E-state index < -0.39 is 0 Å². The first-order valence-corrected chi connectivity index (χ1v) is 5.98. The Balaban J connectivity index is 2.12. The van der Waals surface area contributed by atoms with E-state index >= 15 is 0 Å². The molecule has 1 N–H and O–H groups in total. The summed E-state index contributed by atoms with van der Waals surface area (Å²) < 4.78 is 7.27. The van der Waals surface area contributed by atoms with Gasteiger partial charge < -0.3 is 10.1 Å². The molecule has 0 aliphatic carbocycles. The fraction of sp³-hybridized carbons (Fsp3) is 0.818. The van der Waals surface area contributed by atoms with Crippen molar-refractivity contribution in [3.63, 3.8) is 0 Å². The number of aryl methyl sites for hydroxylation is 1. The third-order valence-corrected chi connectivity index (χ3v) is 3.23. The zero-order valence-corrected chi connectivity index (χ0v) is 10.0. The highest BCUT2D eigenvalue weighted by molar-refractivity contribution is 5.04. The monoisotopic (exact) mass is 224 g/mol. The smallest absolute Gasteiger partial charge is 0.0756 e. The standard InChI is InChI=1S/C11H20N4O/c1-3-12-11(9-4-6-16-7-5-9)10-8-13-14-15(10)2/h8-9,11-12H,3-7H2,1-2H3. The van der Waals surface area contributed by atoms with Crippen LogP contribution >= 0.6 is 0 Å². The molecule has 0 saturated carbocycles. The van der Waals surface area contributed by atoms with E-state index in [2.05, 4.69) is 22.6 Å². The highest BCUT2D eigenvalue weighted by atomic mass is 16.5. The van der Waals surface area contributed by atoms with Crippen LogP contribution in [0.3, 0.4) is 0 Å². The summed E-state index contributed by atoms with van der Waals surface area (Å²) >= 11 is 0. The largest absolute Gasteiger partial charge is 0.381 e. The van der Waals surface area contributed by atoms with Gasteiger partial charge in [-0.2, -0.15) is 0 Å². The molecule has 2 heterocycles. The van der Waals surface area contributed by atoms with E-state index in [0.29, 0.717) is 12.0 Å². The molecule has 0 bridgehead atoms. The molecule has 1 aromatic rings. The summed E-state index contributed by atoms with van der Waals surface area (Å²) in [7, 11) is 1.95. The number of hydrogen-bond acceptors (Lipinski definition) is 4. The van der Waals surface area contributed by atoms with Gasteiger partial charge >= 0.3 is 0 Å². The first-order valence-electron chi connectivity index (χ1n) is 5.98. The van der Waals surface area contributed by atoms with E-state index in [1.165, 1.54) is 5.69 Å². The van der Waals surface area contributed by atoms with Gasteiger partial charge in [0.25, 0.3) is 0 Å². The molecule has 1 fully saturated rings. The fourth-order valence-corrected chi connectivity index (χ4v) is 2.36. The summed E-state index contributed by atoms with van der Waals surface area (Å²) in [4.78, 5) is 0. The Kier molecular flexibility index (Phi) is 3.90. The topological polar surface area (TPSA) is 52.0 Å². The molecule has 5 nitrogen and oxygen atoms in total. The number of nitrogens with zero attached hydrogens (tertiary/aromatic N) is 3. The molecule has 5 heteroatoms. The van der Waals surface area contributed by atoms with Crippen LogP contribution in [0.5, 0.6) is 0 Å². The van der Waals surface area contributed by atoms with Gasteiger partial charge in [-0.3, -0.25) is 4.68 Å². The number of ether oxygens (including phenoxy) is 1. The highest BCUT2D eigenvalue weighted by Crippen LogP contribution is 2.29. The van der Waals surface area contributed by atoms with Gasteiger partial charge in [-0.25, -0.2) is 0 Å². The predicted molar refractivity (Wildman–Crippen MR) is 61.0 cm³/mol. The lowest BCUT2D eigenvalue weighted by atomic mass is 9.90. The third kappa shape index (κ3) is 2.41. The van der Waals surface area contributed by atoms with Crippen molar-refractivity contribution in [3.05, 3.63) is 11.9 Å². The Morgan fingerprint density at radius 1 is 1.56 bits per heavy atom. The molecule has 1 aliphatic rings. The predicted octanol–water partition coefficient (Wildman–Crippen LogP) is 0.892. The quantitative estimate of drug-likeness (QED) is 0.825. The minimum Gasteiger partial charge on any atom is -0.381 e.